The van der Waals surface area contributed by atoms with Gasteiger partial charge in [0.05, 0.1) is 0 Å². The van der Waals surface area contributed by atoms with Gasteiger partial charge in [0.15, 0.2) is 0 Å². The van der Waals surface area contributed by atoms with E-state index in [0.717, 1.165) is 19.0 Å². The molecule has 0 amide bonds. The number of nitrogens with two attached hydrogens (primary N) is 1. The zero-order valence-corrected chi connectivity index (χ0v) is 10.3. The summed E-state index contributed by atoms with van der Waals surface area (Å²) in [7, 11) is 0. The number of benzene rings is 1. The normalized spacial score (nSPS) is 17.2. The predicted octanol–water partition coefficient (Wildman–Crippen LogP) is 2.56. The van der Waals surface area contributed by atoms with Crippen molar-refractivity contribution in [3.05, 3.63) is 29.8 Å². The first kappa shape index (κ1) is 11.5. The quantitative estimate of drug-likeness (QED) is 0.823. The predicted molar refractivity (Wildman–Crippen MR) is 69.8 cm³/mol. The maximum Gasteiger partial charge on any atom is 0.0440 e. The fourth-order valence-corrected chi connectivity index (χ4v) is 2.40. The smallest absolute Gasteiger partial charge is 0.0440 e. The molecule has 0 saturated heterocycles. The van der Waals surface area contributed by atoms with Gasteiger partial charge in [-0.2, -0.15) is 0 Å². The summed E-state index contributed by atoms with van der Waals surface area (Å²) in [5.74, 6) is 0.825. The zero-order chi connectivity index (χ0) is 11.5. The van der Waals surface area contributed by atoms with E-state index in [2.05, 4.69) is 43.0 Å². The van der Waals surface area contributed by atoms with Gasteiger partial charge in [0.1, 0.15) is 0 Å². The van der Waals surface area contributed by atoms with Crippen LogP contribution in [0.15, 0.2) is 24.3 Å². The SMILES string of the molecule is CCN(c1ccc(C)cc1)C(CN)C1CC1. The molecule has 1 saturated carbocycles. The van der Waals surface area contributed by atoms with Crippen LogP contribution < -0.4 is 10.6 Å². The molecule has 88 valence electrons. The monoisotopic (exact) mass is 218 g/mol. The van der Waals surface area contributed by atoms with Gasteiger partial charge >= 0.3 is 0 Å². The summed E-state index contributed by atoms with van der Waals surface area (Å²) >= 11 is 0. The van der Waals surface area contributed by atoms with Gasteiger partial charge in [-0.3, -0.25) is 0 Å². The second-order valence-electron chi connectivity index (χ2n) is 4.76. The van der Waals surface area contributed by atoms with Crippen LogP contribution >= 0.6 is 0 Å². The van der Waals surface area contributed by atoms with Gasteiger partial charge in [-0.15, -0.1) is 0 Å². The molecule has 1 aliphatic carbocycles. The second-order valence-corrected chi connectivity index (χ2v) is 4.76. The highest BCUT2D eigenvalue weighted by atomic mass is 15.2. The van der Waals surface area contributed by atoms with Crippen molar-refractivity contribution in [3.63, 3.8) is 0 Å². The van der Waals surface area contributed by atoms with Gasteiger partial charge < -0.3 is 10.6 Å². The highest BCUT2D eigenvalue weighted by molar-refractivity contribution is 5.48. The summed E-state index contributed by atoms with van der Waals surface area (Å²) in [6.07, 6.45) is 2.70. The van der Waals surface area contributed by atoms with Gasteiger partial charge in [0.2, 0.25) is 0 Å². The fourth-order valence-electron chi connectivity index (χ4n) is 2.40. The van der Waals surface area contributed by atoms with Gasteiger partial charge in [0, 0.05) is 24.8 Å². The third-order valence-corrected chi connectivity index (χ3v) is 3.51. The lowest BCUT2D eigenvalue weighted by Gasteiger charge is -2.32. The first-order valence-corrected chi connectivity index (χ1v) is 6.29. The van der Waals surface area contributed by atoms with Gasteiger partial charge in [-0.05, 0) is 44.7 Å². The van der Waals surface area contributed by atoms with Gasteiger partial charge in [-0.25, -0.2) is 0 Å². The molecule has 0 spiro atoms. The molecule has 1 fully saturated rings. The van der Waals surface area contributed by atoms with E-state index in [1.54, 1.807) is 0 Å². The number of anilines is 1. The molecule has 0 aromatic heterocycles. The molecule has 0 aliphatic heterocycles. The third kappa shape index (κ3) is 2.38. The lowest BCUT2D eigenvalue weighted by Crippen LogP contribution is -2.42. The zero-order valence-electron chi connectivity index (χ0n) is 10.3. The van der Waals surface area contributed by atoms with E-state index in [-0.39, 0.29) is 0 Å². The van der Waals surface area contributed by atoms with Crippen LogP contribution in [0, 0.1) is 12.8 Å². The van der Waals surface area contributed by atoms with Crippen molar-refractivity contribution in [1.29, 1.82) is 0 Å². The molecular weight excluding hydrogens is 196 g/mol. The van der Waals surface area contributed by atoms with E-state index in [1.807, 2.05) is 0 Å². The van der Waals surface area contributed by atoms with Crippen LogP contribution in [0.25, 0.3) is 0 Å². The van der Waals surface area contributed by atoms with Crippen molar-refractivity contribution in [2.24, 2.45) is 11.7 Å². The van der Waals surface area contributed by atoms with E-state index < -0.39 is 0 Å². The van der Waals surface area contributed by atoms with Crippen LogP contribution in [-0.4, -0.2) is 19.1 Å². The molecular formula is C14H22N2. The molecule has 0 bridgehead atoms. The second kappa shape index (κ2) is 4.88. The summed E-state index contributed by atoms with van der Waals surface area (Å²) in [6, 6.07) is 9.32. The molecule has 0 heterocycles. The highest BCUT2D eigenvalue weighted by Crippen LogP contribution is 2.36. The van der Waals surface area contributed by atoms with E-state index in [4.69, 9.17) is 5.73 Å². The van der Waals surface area contributed by atoms with E-state index >= 15 is 0 Å². The molecule has 1 unspecified atom stereocenters. The molecule has 0 radical (unpaired) electrons. The Hall–Kier alpha value is -1.02. The van der Waals surface area contributed by atoms with Crippen molar-refractivity contribution in [3.8, 4) is 0 Å². The molecule has 16 heavy (non-hydrogen) atoms. The Bertz CT molecular complexity index is 327. The lowest BCUT2D eigenvalue weighted by molar-refractivity contribution is 0.548. The minimum Gasteiger partial charge on any atom is -0.367 e. The molecule has 1 aromatic carbocycles. The van der Waals surface area contributed by atoms with Crippen molar-refractivity contribution < 1.29 is 0 Å². The van der Waals surface area contributed by atoms with Crippen molar-refractivity contribution >= 4 is 5.69 Å². The minimum absolute atomic E-state index is 0.535. The number of nitrogens with zero attached hydrogens (tertiary/aromatic N) is 1. The van der Waals surface area contributed by atoms with Crippen LogP contribution in [0.2, 0.25) is 0 Å². The van der Waals surface area contributed by atoms with Crippen molar-refractivity contribution in [2.45, 2.75) is 32.7 Å². The van der Waals surface area contributed by atoms with E-state index in [0.29, 0.717) is 6.04 Å². The maximum atomic E-state index is 5.92. The summed E-state index contributed by atoms with van der Waals surface area (Å²) in [4.78, 5) is 2.46. The van der Waals surface area contributed by atoms with Gasteiger partial charge in [0.25, 0.3) is 0 Å². The summed E-state index contributed by atoms with van der Waals surface area (Å²) in [5.41, 5.74) is 8.55. The Balaban J connectivity index is 2.16. The standard InChI is InChI=1S/C14H22N2/c1-3-16(14(10-15)12-6-7-12)13-8-4-11(2)5-9-13/h4-5,8-9,12,14H,3,6-7,10,15H2,1-2H3. The minimum atomic E-state index is 0.535. The first-order chi connectivity index (χ1) is 7.76. The number of hydrogen-bond donors (Lipinski definition) is 1. The van der Waals surface area contributed by atoms with E-state index in [1.165, 1.54) is 24.1 Å². The van der Waals surface area contributed by atoms with E-state index in [9.17, 15) is 0 Å². The fraction of sp³-hybridized carbons (Fsp3) is 0.571. The average molecular weight is 218 g/mol. The van der Waals surface area contributed by atoms with Crippen LogP contribution in [0.1, 0.15) is 25.3 Å². The Labute approximate surface area is 98.4 Å². The molecule has 2 nitrogen and oxygen atoms in total. The Morgan fingerprint density at radius 3 is 2.38 bits per heavy atom. The maximum absolute atomic E-state index is 5.92. The Kier molecular flexibility index (Phi) is 3.49. The molecule has 2 N–H and O–H groups in total. The van der Waals surface area contributed by atoms with Crippen LogP contribution in [0.3, 0.4) is 0 Å². The van der Waals surface area contributed by atoms with Crippen LogP contribution in [0.4, 0.5) is 5.69 Å². The van der Waals surface area contributed by atoms with Crippen LogP contribution in [-0.2, 0) is 0 Å². The first-order valence-electron chi connectivity index (χ1n) is 6.29. The molecule has 2 heteroatoms. The highest BCUT2D eigenvalue weighted by Gasteiger charge is 2.33. The Morgan fingerprint density at radius 1 is 1.31 bits per heavy atom. The molecule has 1 aromatic rings. The summed E-state index contributed by atoms with van der Waals surface area (Å²) in [6.45, 7) is 6.15. The molecule has 1 aliphatic rings. The molecule has 1 atom stereocenters. The van der Waals surface area contributed by atoms with Crippen molar-refractivity contribution in [2.75, 3.05) is 18.0 Å². The third-order valence-electron chi connectivity index (χ3n) is 3.51. The van der Waals surface area contributed by atoms with Crippen LogP contribution in [0.5, 0.6) is 0 Å². The summed E-state index contributed by atoms with van der Waals surface area (Å²) < 4.78 is 0. The Morgan fingerprint density at radius 2 is 1.94 bits per heavy atom. The number of hydrogen-bond acceptors (Lipinski definition) is 2. The van der Waals surface area contributed by atoms with Gasteiger partial charge in [-0.1, -0.05) is 17.7 Å². The largest absolute Gasteiger partial charge is 0.367 e. The number of likely N-dealkylation sites (N-methyl/N-ethyl adjacent to an activating group) is 1. The van der Waals surface area contributed by atoms with Crippen molar-refractivity contribution in [1.82, 2.24) is 0 Å². The lowest BCUT2D eigenvalue weighted by atomic mass is 10.1. The molecule has 2 rings (SSSR count). The summed E-state index contributed by atoms with van der Waals surface area (Å²) in [5, 5.41) is 0. The number of rotatable bonds is 5. The average Bonchev–Trinajstić information content (AvgIpc) is 3.11. The number of aryl methyl sites for hydroxylation is 1. The topological polar surface area (TPSA) is 29.3 Å².